The molecule has 0 heterocycles. The molecule has 1 aliphatic rings. The van der Waals surface area contributed by atoms with Gasteiger partial charge in [-0.1, -0.05) is 23.7 Å². The molecule has 0 radical (unpaired) electrons. The standard InChI is InChI=1S/C15H22ClNO/c1-15(2,3)18-14(10-17-13-7-8-13)11-5-4-6-12(16)9-11/h4-6,9,13-14,17H,7-8,10H2,1-3H3. The Hall–Kier alpha value is -0.570. The molecule has 0 saturated heterocycles. The molecule has 3 heteroatoms. The van der Waals surface area contributed by atoms with Gasteiger partial charge in [-0.05, 0) is 51.3 Å². The van der Waals surface area contributed by atoms with Crippen LogP contribution >= 0.6 is 11.6 Å². The molecule has 0 aromatic heterocycles. The van der Waals surface area contributed by atoms with Crippen molar-refractivity contribution in [2.45, 2.75) is 51.4 Å². The van der Waals surface area contributed by atoms with Gasteiger partial charge in [0.25, 0.3) is 0 Å². The molecule has 1 aromatic carbocycles. The van der Waals surface area contributed by atoms with Crippen LogP contribution in [0.4, 0.5) is 0 Å². The van der Waals surface area contributed by atoms with Crippen molar-refractivity contribution in [1.82, 2.24) is 5.32 Å². The summed E-state index contributed by atoms with van der Waals surface area (Å²) in [7, 11) is 0. The normalized spacial score (nSPS) is 17.8. The average molecular weight is 268 g/mol. The molecule has 1 aliphatic carbocycles. The van der Waals surface area contributed by atoms with Crippen LogP contribution < -0.4 is 5.32 Å². The van der Waals surface area contributed by atoms with E-state index in [4.69, 9.17) is 16.3 Å². The number of halogens is 1. The summed E-state index contributed by atoms with van der Waals surface area (Å²) in [4.78, 5) is 0. The third-order valence-corrected chi connectivity index (χ3v) is 3.12. The van der Waals surface area contributed by atoms with Crippen molar-refractivity contribution < 1.29 is 4.74 Å². The zero-order valence-corrected chi connectivity index (χ0v) is 12.1. The first-order chi connectivity index (χ1) is 8.44. The van der Waals surface area contributed by atoms with Crippen molar-refractivity contribution in [2.75, 3.05) is 6.54 Å². The first-order valence-electron chi connectivity index (χ1n) is 6.61. The zero-order chi connectivity index (χ0) is 13.2. The number of hydrogen-bond acceptors (Lipinski definition) is 2. The number of nitrogens with one attached hydrogen (secondary N) is 1. The van der Waals surface area contributed by atoms with Crippen LogP contribution in [-0.4, -0.2) is 18.2 Å². The van der Waals surface area contributed by atoms with Crippen molar-refractivity contribution in [3.63, 3.8) is 0 Å². The monoisotopic (exact) mass is 267 g/mol. The fourth-order valence-electron chi connectivity index (χ4n) is 1.92. The Morgan fingerprint density at radius 3 is 2.67 bits per heavy atom. The smallest absolute Gasteiger partial charge is 0.0956 e. The maximum atomic E-state index is 6.14. The van der Waals surface area contributed by atoms with Gasteiger partial charge in [0.2, 0.25) is 0 Å². The minimum atomic E-state index is -0.155. The minimum Gasteiger partial charge on any atom is -0.367 e. The molecule has 100 valence electrons. The zero-order valence-electron chi connectivity index (χ0n) is 11.4. The Morgan fingerprint density at radius 2 is 2.11 bits per heavy atom. The van der Waals surface area contributed by atoms with E-state index in [1.807, 2.05) is 18.2 Å². The number of ether oxygens (including phenoxy) is 1. The van der Waals surface area contributed by atoms with Crippen molar-refractivity contribution in [3.8, 4) is 0 Å². The van der Waals surface area contributed by atoms with Gasteiger partial charge in [0.15, 0.2) is 0 Å². The second-order valence-electron chi connectivity index (χ2n) is 5.96. The highest BCUT2D eigenvalue weighted by molar-refractivity contribution is 6.30. The lowest BCUT2D eigenvalue weighted by molar-refractivity contribution is -0.0607. The van der Waals surface area contributed by atoms with Crippen molar-refractivity contribution in [3.05, 3.63) is 34.9 Å². The van der Waals surface area contributed by atoms with Gasteiger partial charge in [-0.3, -0.25) is 0 Å². The quantitative estimate of drug-likeness (QED) is 0.872. The predicted molar refractivity (Wildman–Crippen MR) is 76.1 cm³/mol. The van der Waals surface area contributed by atoms with Crippen molar-refractivity contribution in [1.29, 1.82) is 0 Å². The van der Waals surface area contributed by atoms with Crippen molar-refractivity contribution >= 4 is 11.6 Å². The topological polar surface area (TPSA) is 21.3 Å². The van der Waals surface area contributed by atoms with E-state index in [0.29, 0.717) is 6.04 Å². The van der Waals surface area contributed by atoms with E-state index in [1.165, 1.54) is 12.8 Å². The molecule has 2 rings (SSSR count). The fourth-order valence-corrected chi connectivity index (χ4v) is 2.12. The second kappa shape index (κ2) is 5.60. The van der Waals surface area contributed by atoms with E-state index in [2.05, 4.69) is 32.2 Å². The lowest BCUT2D eigenvalue weighted by Gasteiger charge is -2.28. The Labute approximate surface area is 115 Å². The lowest BCUT2D eigenvalue weighted by atomic mass is 10.1. The van der Waals surface area contributed by atoms with Crippen LogP contribution in [0.1, 0.15) is 45.3 Å². The largest absolute Gasteiger partial charge is 0.367 e. The molecular weight excluding hydrogens is 246 g/mol. The summed E-state index contributed by atoms with van der Waals surface area (Å²) in [6, 6.07) is 8.64. The summed E-state index contributed by atoms with van der Waals surface area (Å²) >= 11 is 6.06. The highest BCUT2D eigenvalue weighted by Gasteiger charge is 2.25. The molecule has 1 fully saturated rings. The Kier molecular flexibility index (Phi) is 4.31. The third-order valence-electron chi connectivity index (χ3n) is 2.89. The molecule has 0 aliphatic heterocycles. The van der Waals surface area contributed by atoms with Crippen molar-refractivity contribution in [2.24, 2.45) is 0 Å². The molecule has 18 heavy (non-hydrogen) atoms. The van der Waals surface area contributed by atoms with Gasteiger partial charge in [-0.15, -0.1) is 0 Å². The molecule has 1 N–H and O–H groups in total. The maximum absolute atomic E-state index is 6.14. The third kappa shape index (κ3) is 4.60. The number of hydrogen-bond donors (Lipinski definition) is 1. The predicted octanol–water partition coefficient (Wildman–Crippen LogP) is 3.95. The lowest BCUT2D eigenvalue weighted by Crippen LogP contribution is -2.31. The molecule has 2 nitrogen and oxygen atoms in total. The average Bonchev–Trinajstić information content (AvgIpc) is 3.06. The van der Waals surface area contributed by atoms with Gasteiger partial charge >= 0.3 is 0 Å². The number of benzene rings is 1. The Bertz CT molecular complexity index is 396. The summed E-state index contributed by atoms with van der Waals surface area (Å²) in [5.41, 5.74) is 0.990. The van der Waals surface area contributed by atoms with Gasteiger partial charge in [0, 0.05) is 17.6 Å². The van der Waals surface area contributed by atoms with E-state index < -0.39 is 0 Å². The highest BCUT2D eigenvalue weighted by atomic mass is 35.5. The summed E-state index contributed by atoms with van der Waals surface area (Å²) in [5.74, 6) is 0. The molecule has 1 aromatic rings. The maximum Gasteiger partial charge on any atom is 0.0956 e. The fraction of sp³-hybridized carbons (Fsp3) is 0.600. The molecule has 1 saturated carbocycles. The molecule has 0 bridgehead atoms. The molecule has 0 spiro atoms. The molecule has 0 amide bonds. The van der Waals surface area contributed by atoms with Crippen LogP contribution in [0.3, 0.4) is 0 Å². The van der Waals surface area contributed by atoms with Crippen LogP contribution in [0, 0.1) is 0 Å². The van der Waals surface area contributed by atoms with E-state index in [9.17, 15) is 0 Å². The van der Waals surface area contributed by atoms with Gasteiger partial charge < -0.3 is 10.1 Å². The summed E-state index contributed by atoms with van der Waals surface area (Å²) < 4.78 is 6.14. The first-order valence-corrected chi connectivity index (χ1v) is 6.98. The van der Waals surface area contributed by atoms with Gasteiger partial charge in [0.1, 0.15) is 0 Å². The number of rotatable bonds is 5. The van der Waals surface area contributed by atoms with E-state index in [1.54, 1.807) is 0 Å². The van der Waals surface area contributed by atoms with Crippen LogP contribution in [-0.2, 0) is 4.74 Å². The first kappa shape index (κ1) is 13.9. The van der Waals surface area contributed by atoms with Crippen LogP contribution in [0.15, 0.2) is 24.3 Å². The van der Waals surface area contributed by atoms with Gasteiger partial charge in [0.05, 0.1) is 11.7 Å². The summed E-state index contributed by atoms with van der Waals surface area (Å²) in [6.07, 6.45) is 2.64. The van der Waals surface area contributed by atoms with Crippen LogP contribution in [0.25, 0.3) is 0 Å². The summed E-state index contributed by atoms with van der Waals surface area (Å²) in [6.45, 7) is 7.10. The SMILES string of the molecule is CC(C)(C)OC(CNC1CC1)c1cccc(Cl)c1. The summed E-state index contributed by atoms with van der Waals surface area (Å²) in [5, 5.41) is 4.29. The van der Waals surface area contributed by atoms with Crippen LogP contribution in [0.5, 0.6) is 0 Å². The Morgan fingerprint density at radius 1 is 1.39 bits per heavy atom. The second-order valence-corrected chi connectivity index (χ2v) is 6.39. The molecular formula is C15H22ClNO. The highest BCUT2D eigenvalue weighted by Crippen LogP contribution is 2.27. The van der Waals surface area contributed by atoms with E-state index in [0.717, 1.165) is 17.1 Å². The molecule has 1 unspecified atom stereocenters. The molecule has 1 atom stereocenters. The van der Waals surface area contributed by atoms with E-state index >= 15 is 0 Å². The Balaban J connectivity index is 2.06. The van der Waals surface area contributed by atoms with E-state index in [-0.39, 0.29) is 11.7 Å². The minimum absolute atomic E-state index is 0.0595. The van der Waals surface area contributed by atoms with Crippen LogP contribution in [0.2, 0.25) is 5.02 Å². The van der Waals surface area contributed by atoms with Gasteiger partial charge in [-0.25, -0.2) is 0 Å². The van der Waals surface area contributed by atoms with Gasteiger partial charge in [-0.2, -0.15) is 0 Å².